The van der Waals surface area contributed by atoms with Crippen LogP contribution >= 0.6 is 15.9 Å². The van der Waals surface area contributed by atoms with Gasteiger partial charge in [0.1, 0.15) is 5.75 Å². The van der Waals surface area contributed by atoms with E-state index in [4.69, 9.17) is 4.74 Å². The van der Waals surface area contributed by atoms with Crippen LogP contribution in [0.15, 0.2) is 16.6 Å². The Morgan fingerprint density at radius 3 is 2.67 bits per heavy atom. The molecule has 0 atom stereocenters. The summed E-state index contributed by atoms with van der Waals surface area (Å²) in [5.41, 5.74) is 1.83. The van der Waals surface area contributed by atoms with Crippen LogP contribution < -0.4 is 0 Å². The molecule has 102 valence electrons. The molecule has 0 saturated heterocycles. The minimum absolute atomic E-state index is 0.264. The molecule has 0 saturated carbocycles. The van der Waals surface area contributed by atoms with E-state index >= 15 is 0 Å². The second kappa shape index (κ2) is 7.12. The predicted molar refractivity (Wildman–Crippen MR) is 78.0 cm³/mol. The summed E-state index contributed by atoms with van der Waals surface area (Å²) in [5, 5.41) is 10.0. The number of aromatic hydroxyl groups is 1. The molecule has 1 rings (SSSR count). The van der Waals surface area contributed by atoms with Gasteiger partial charge in [-0.15, -0.1) is 0 Å². The number of aryl methyl sites for hydroxylation is 1. The van der Waals surface area contributed by atoms with Gasteiger partial charge in [-0.2, -0.15) is 0 Å². The molecule has 0 aliphatic carbocycles. The van der Waals surface area contributed by atoms with Crippen molar-refractivity contribution in [2.75, 3.05) is 20.2 Å². The number of hydrogen-bond donors (Lipinski definition) is 1. The van der Waals surface area contributed by atoms with Gasteiger partial charge < -0.3 is 9.84 Å². The normalized spacial score (nSPS) is 11.5. The molecule has 0 unspecified atom stereocenters. The van der Waals surface area contributed by atoms with E-state index in [0.29, 0.717) is 18.9 Å². The highest BCUT2D eigenvalue weighted by atomic mass is 79.9. The number of phenolic OH excluding ortho intramolecular Hbond substituents is 1. The zero-order valence-corrected chi connectivity index (χ0v) is 13.1. The first-order valence-corrected chi connectivity index (χ1v) is 6.97. The highest BCUT2D eigenvalue weighted by molar-refractivity contribution is 9.10. The first-order valence-electron chi connectivity index (χ1n) is 6.18. The maximum atomic E-state index is 10.0. The smallest absolute Gasteiger partial charge is 0.123 e. The Balaban J connectivity index is 2.56. The molecule has 1 aromatic rings. The molecule has 1 N–H and O–H groups in total. The van der Waals surface area contributed by atoms with Gasteiger partial charge in [0.05, 0.1) is 12.7 Å². The molecule has 0 radical (unpaired) electrons. The molecule has 4 heteroatoms. The molecule has 3 nitrogen and oxygen atoms in total. The molecule has 0 aliphatic heterocycles. The number of nitrogens with zero attached hydrogens (tertiary/aromatic N) is 1. The maximum absolute atomic E-state index is 10.0. The molecule has 0 bridgehead atoms. The fourth-order valence-corrected chi connectivity index (χ4v) is 2.36. The van der Waals surface area contributed by atoms with E-state index in [9.17, 15) is 5.11 Å². The third-order valence-corrected chi connectivity index (χ3v) is 3.17. The Hall–Kier alpha value is -0.580. The summed E-state index contributed by atoms with van der Waals surface area (Å²) >= 11 is 3.45. The lowest BCUT2D eigenvalue weighted by molar-refractivity contribution is 0.0626. The van der Waals surface area contributed by atoms with Crippen LogP contribution in [0.5, 0.6) is 5.75 Å². The van der Waals surface area contributed by atoms with Gasteiger partial charge in [-0.1, -0.05) is 15.9 Å². The maximum Gasteiger partial charge on any atom is 0.123 e. The highest BCUT2D eigenvalue weighted by Crippen LogP contribution is 2.27. The van der Waals surface area contributed by atoms with Crippen molar-refractivity contribution in [2.24, 2.45) is 0 Å². The van der Waals surface area contributed by atoms with Gasteiger partial charge in [0.25, 0.3) is 0 Å². The molecule has 18 heavy (non-hydrogen) atoms. The molecule has 1 aromatic carbocycles. The van der Waals surface area contributed by atoms with E-state index in [-0.39, 0.29) is 6.10 Å². The van der Waals surface area contributed by atoms with E-state index in [1.807, 2.05) is 40.0 Å². The summed E-state index contributed by atoms with van der Waals surface area (Å²) in [7, 11) is 2.03. The zero-order chi connectivity index (χ0) is 13.7. The summed E-state index contributed by atoms with van der Waals surface area (Å²) in [6, 6.07) is 3.88. The van der Waals surface area contributed by atoms with Crippen LogP contribution in [0.3, 0.4) is 0 Å². The van der Waals surface area contributed by atoms with E-state index in [1.54, 1.807) is 0 Å². The number of phenols is 1. The molecule has 0 heterocycles. The van der Waals surface area contributed by atoms with Crippen LogP contribution in [0.2, 0.25) is 0 Å². The second-order valence-corrected chi connectivity index (χ2v) is 5.80. The van der Waals surface area contributed by atoms with Gasteiger partial charge in [-0.05, 0) is 45.5 Å². The molecule has 0 spiro atoms. The zero-order valence-electron chi connectivity index (χ0n) is 11.5. The van der Waals surface area contributed by atoms with E-state index < -0.39 is 0 Å². The fourth-order valence-electron chi connectivity index (χ4n) is 1.74. The third kappa shape index (κ3) is 4.96. The van der Waals surface area contributed by atoms with Crippen molar-refractivity contribution >= 4 is 15.9 Å². The van der Waals surface area contributed by atoms with Crippen molar-refractivity contribution in [2.45, 2.75) is 33.4 Å². The van der Waals surface area contributed by atoms with Crippen LogP contribution in [0.4, 0.5) is 0 Å². The summed E-state index contributed by atoms with van der Waals surface area (Å²) in [6.45, 7) is 8.25. The van der Waals surface area contributed by atoms with E-state index in [0.717, 1.165) is 22.1 Å². The first kappa shape index (κ1) is 15.5. The van der Waals surface area contributed by atoms with Crippen LogP contribution in [-0.4, -0.2) is 36.3 Å². The monoisotopic (exact) mass is 315 g/mol. The third-order valence-electron chi connectivity index (χ3n) is 2.71. The summed E-state index contributed by atoms with van der Waals surface area (Å²) in [6.07, 6.45) is 0.264. The van der Waals surface area contributed by atoms with Crippen molar-refractivity contribution in [3.8, 4) is 5.75 Å². The number of likely N-dealkylation sites (N-methyl/N-ethyl adjacent to an activating group) is 1. The van der Waals surface area contributed by atoms with Crippen LogP contribution in [0.1, 0.15) is 25.0 Å². The largest absolute Gasteiger partial charge is 0.507 e. The fraction of sp³-hybridized carbons (Fsp3) is 0.571. The quantitative estimate of drug-likeness (QED) is 0.874. The predicted octanol–water partition coefficient (Wildman–Crippen LogP) is 3.32. The average molecular weight is 316 g/mol. The lowest BCUT2D eigenvalue weighted by atomic mass is 10.1. The SMILES string of the molecule is Cc1cc(Br)cc(CN(C)CCOC(C)C)c1O. The minimum Gasteiger partial charge on any atom is -0.507 e. The van der Waals surface area contributed by atoms with Gasteiger partial charge in [0.15, 0.2) is 0 Å². The number of rotatable bonds is 6. The van der Waals surface area contributed by atoms with Crippen molar-refractivity contribution in [3.63, 3.8) is 0 Å². The van der Waals surface area contributed by atoms with Crippen LogP contribution in [0.25, 0.3) is 0 Å². The van der Waals surface area contributed by atoms with Crippen molar-refractivity contribution < 1.29 is 9.84 Å². The topological polar surface area (TPSA) is 32.7 Å². The Kier molecular flexibility index (Phi) is 6.12. The van der Waals surface area contributed by atoms with E-state index in [2.05, 4.69) is 20.8 Å². The first-order chi connectivity index (χ1) is 8.40. The molecule has 0 fully saturated rings. The van der Waals surface area contributed by atoms with Crippen molar-refractivity contribution in [1.82, 2.24) is 4.90 Å². The van der Waals surface area contributed by atoms with Gasteiger partial charge in [-0.25, -0.2) is 0 Å². The molecule has 0 aromatic heterocycles. The Bertz CT molecular complexity index is 394. The summed E-state index contributed by atoms with van der Waals surface area (Å²) in [4.78, 5) is 2.14. The van der Waals surface area contributed by atoms with Gasteiger partial charge in [0, 0.05) is 23.1 Å². The number of halogens is 1. The van der Waals surface area contributed by atoms with Crippen LogP contribution in [-0.2, 0) is 11.3 Å². The molecule has 0 amide bonds. The van der Waals surface area contributed by atoms with Gasteiger partial charge in [0.2, 0.25) is 0 Å². The van der Waals surface area contributed by atoms with Gasteiger partial charge in [-0.3, -0.25) is 4.90 Å². The Morgan fingerprint density at radius 1 is 1.39 bits per heavy atom. The standard InChI is InChI=1S/C14H22BrNO2/c1-10(2)18-6-5-16(4)9-12-8-13(15)7-11(3)14(12)17/h7-8,10,17H,5-6,9H2,1-4H3. The van der Waals surface area contributed by atoms with Crippen molar-refractivity contribution in [1.29, 1.82) is 0 Å². The Morgan fingerprint density at radius 2 is 2.06 bits per heavy atom. The lowest BCUT2D eigenvalue weighted by Crippen LogP contribution is -2.24. The molecular formula is C14H22BrNO2. The average Bonchev–Trinajstić information content (AvgIpc) is 2.24. The second-order valence-electron chi connectivity index (χ2n) is 4.89. The summed E-state index contributed by atoms with van der Waals surface area (Å²) < 4.78 is 6.51. The van der Waals surface area contributed by atoms with Gasteiger partial charge >= 0.3 is 0 Å². The molecular weight excluding hydrogens is 294 g/mol. The number of hydrogen-bond acceptors (Lipinski definition) is 3. The summed E-state index contributed by atoms with van der Waals surface area (Å²) in [5.74, 6) is 0.384. The van der Waals surface area contributed by atoms with Crippen molar-refractivity contribution in [3.05, 3.63) is 27.7 Å². The highest BCUT2D eigenvalue weighted by Gasteiger charge is 2.09. The number of benzene rings is 1. The van der Waals surface area contributed by atoms with E-state index in [1.165, 1.54) is 0 Å². The lowest BCUT2D eigenvalue weighted by Gasteiger charge is -2.19. The van der Waals surface area contributed by atoms with Crippen LogP contribution in [0, 0.1) is 6.92 Å². The number of ether oxygens (including phenoxy) is 1. The molecule has 0 aliphatic rings. The minimum atomic E-state index is 0.264. The Labute approximate surface area is 118 Å².